The van der Waals surface area contributed by atoms with Gasteiger partial charge in [0, 0.05) is 55.2 Å². The van der Waals surface area contributed by atoms with E-state index < -0.39 is 0 Å². The summed E-state index contributed by atoms with van der Waals surface area (Å²) in [5.41, 5.74) is -0.850. The molecule has 142 heavy (non-hydrogen) atoms. The summed E-state index contributed by atoms with van der Waals surface area (Å²) >= 11 is 0. The van der Waals surface area contributed by atoms with Crippen LogP contribution in [-0.2, 0) is 0 Å². The van der Waals surface area contributed by atoms with Crippen molar-refractivity contribution in [1.29, 1.82) is 0 Å². The SMILES string of the molecule is CCCCCCCCCCCCCCCCOc1cc2c(cc1OCCCCCCCCCCCCCCCC)c1cc3c(=O)n(C(CCCC)CCCCCCCCCCC)c(=O)c4cc5c6cc(OCCCCCCCCCCCCCCCC)c(OCCCCCCCCCCCCCCCC)cc6c6cc7c(=O)n(C(CCCC)CCCCCCCCCCC)c(=O)c8cc2c2c1c(c34)c5c6c2c87. The molecule has 0 fully saturated rings. The molecule has 0 aliphatic heterocycles. The highest BCUT2D eigenvalue weighted by Gasteiger charge is 2.34. The number of unbranched alkanes of at least 4 members (excludes halogenated alkanes) is 70. The second kappa shape index (κ2) is 68.0. The molecular formula is C132H206N2O8. The highest BCUT2D eigenvalue weighted by Crippen LogP contribution is 2.57. The van der Waals surface area contributed by atoms with Crippen LogP contribution >= 0.6 is 0 Å². The molecule has 0 amide bonds. The second-order valence-corrected chi connectivity index (χ2v) is 45.1. The first-order chi connectivity index (χ1) is 70.1. The first kappa shape index (κ1) is 116. The minimum atomic E-state index is -0.285. The summed E-state index contributed by atoms with van der Waals surface area (Å²) in [5.74, 6) is 2.80. The van der Waals surface area contributed by atoms with E-state index in [1.165, 1.54) is 385 Å². The van der Waals surface area contributed by atoms with Crippen LogP contribution in [0.5, 0.6) is 23.0 Å². The average Bonchev–Trinajstić information content (AvgIpc) is 0.651. The summed E-state index contributed by atoms with van der Waals surface area (Å²) in [7, 11) is 0. The van der Waals surface area contributed by atoms with Gasteiger partial charge in [0.15, 0.2) is 23.0 Å². The van der Waals surface area contributed by atoms with Gasteiger partial charge in [-0.3, -0.25) is 28.3 Å². The van der Waals surface area contributed by atoms with E-state index in [9.17, 15) is 0 Å². The first-order valence-electron chi connectivity index (χ1n) is 62.1. The molecule has 0 aliphatic rings. The monoisotopic (exact) mass is 1950 g/mol. The molecule has 0 spiro atoms. The summed E-state index contributed by atoms with van der Waals surface area (Å²) in [6.07, 6.45) is 99.9. The molecule has 11 rings (SSSR count). The number of rotatable bonds is 92. The summed E-state index contributed by atoms with van der Waals surface area (Å²) < 4.78 is 32.6. The fourth-order valence-electron chi connectivity index (χ4n) is 24.6. The van der Waals surface area contributed by atoms with Crippen LogP contribution in [0.4, 0.5) is 0 Å². The Morgan fingerprint density at radius 2 is 0.303 bits per heavy atom. The molecule has 792 valence electrons. The number of nitrogens with zero attached hydrogens (tertiary/aromatic N) is 2. The Bertz CT molecular complexity index is 4840. The number of benzene rings is 9. The lowest BCUT2D eigenvalue weighted by Gasteiger charge is -2.28. The van der Waals surface area contributed by atoms with Crippen molar-refractivity contribution in [3.8, 4) is 23.0 Å². The second-order valence-electron chi connectivity index (χ2n) is 45.1. The Labute approximate surface area is 863 Å². The van der Waals surface area contributed by atoms with Gasteiger partial charge in [-0.25, -0.2) is 0 Å². The minimum Gasteiger partial charge on any atom is -0.490 e. The Morgan fingerprint density at radius 3 is 0.472 bits per heavy atom. The molecule has 0 radical (unpaired) electrons. The number of pyridine rings is 2. The van der Waals surface area contributed by atoms with E-state index in [-0.39, 0.29) is 34.3 Å². The zero-order chi connectivity index (χ0) is 99.8. The van der Waals surface area contributed by atoms with E-state index in [4.69, 9.17) is 18.9 Å². The molecular weight excluding hydrogens is 1740 g/mol. The number of fused-ring (bicyclic) bond motifs is 6. The Kier molecular flexibility index (Phi) is 55.4. The molecule has 0 N–H and O–H groups in total. The van der Waals surface area contributed by atoms with Crippen molar-refractivity contribution in [2.24, 2.45) is 0 Å². The predicted octanol–water partition coefficient (Wildman–Crippen LogP) is 42.2. The van der Waals surface area contributed by atoms with Crippen LogP contribution in [0.2, 0.25) is 0 Å². The van der Waals surface area contributed by atoms with Crippen LogP contribution in [0.25, 0.3) is 108 Å². The van der Waals surface area contributed by atoms with Crippen LogP contribution < -0.4 is 41.2 Å². The van der Waals surface area contributed by atoms with E-state index in [0.717, 1.165) is 217 Å². The molecule has 2 heterocycles. The molecule has 2 unspecified atom stereocenters. The Balaban J connectivity index is 1.09. The van der Waals surface area contributed by atoms with Gasteiger partial charge in [0.25, 0.3) is 22.2 Å². The van der Waals surface area contributed by atoms with Gasteiger partial charge in [-0.05, 0) is 165 Å². The minimum absolute atomic E-state index is 0.212. The molecule has 10 nitrogen and oxygen atoms in total. The van der Waals surface area contributed by atoms with Crippen molar-refractivity contribution in [2.75, 3.05) is 26.4 Å². The summed E-state index contributed by atoms with van der Waals surface area (Å²) in [5, 5.41) is 16.7. The highest BCUT2D eigenvalue weighted by molar-refractivity contribution is 6.54. The summed E-state index contributed by atoms with van der Waals surface area (Å²) in [4.78, 5) is 67.6. The van der Waals surface area contributed by atoms with Gasteiger partial charge in [-0.2, -0.15) is 0 Å². The molecule has 0 saturated carbocycles. The lowest BCUT2D eigenvalue weighted by molar-refractivity contribution is 0.259. The van der Waals surface area contributed by atoms with E-state index >= 15 is 19.2 Å². The normalized spacial score (nSPS) is 12.7. The maximum atomic E-state index is 16.9. The Hall–Kier alpha value is -6.68. The third-order valence-corrected chi connectivity index (χ3v) is 33.3. The molecule has 0 bridgehead atoms. The van der Waals surface area contributed by atoms with Crippen LogP contribution in [0.1, 0.15) is 594 Å². The molecule has 10 heteroatoms. The zero-order valence-corrected chi connectivity index (χ0v) is 92.7. The van der Waals surface area contributed by atoms with Gasteiger partial charge in [-0.15, -0.1) is 0 Å². The van der Waals surface area contributed by atoms with Crippen molar-refractivity contribution >= 4 is 108 Å². The topological polar surface area (TPSA) is 115 Å². The van der Waals surface area contributed by atoms with Crippen molar-refractivity contribution < 1.29 is 18.9 Å². The molecule has 0 aliphatic carbocycles. The van der Waals surface area contributed by atoms with Crippen LogP contribution in [0, 0.1) is 0 Å². The Morgan fingerprint density at radius 1 is 0.155 bits per heavy atom. The van der Waals surface area contributed by atoms with Crippen molar-refractivity contribution in [1.82, 2.24) is 9.13 Å². The molecule has 9 aromatic carbocycles. The number of hydrogen-bond donors (Lipinski definition) is 0. The molecule has 0 saturated heterocycles. The average molecular weight is 1950 g/mol. The van der Waals surface area contributed by atoms with Crippen LogP contribution in [-0.4, -0.2) is 35.6 Å². The van der Waals surface area contributed by atoms with Crippen molar-refractivity contribution in [3.05, 3.63) is 89.9 Å². The third-order valence-electron chi connectivity index (χ3n) is 33.3. The van der Waals surface area contributed by atoms with E-state index in [2.05, 4.69) is 104 Å². The number of hydrogen-bond acceptors (Lipinski definition) is 8. The summed E-state index contributed by atoms with van der Waals surface area (Å²) in [6.45, 7) is 20.4. The van der Waals surface area contributed by atoms with Gasteiger partial charge in [0.2, 0.25) is 0 Å². The predicted molar refractivity (Wildman–Crippen MR) is 623 cm³/mol. The fourth-order valence-corrected chi connectivity index (χ4v) is 24.6. The van der Waals surface area contributed by atoms with Crippen LogP contribution in [0.3, 0.4) is 0 Å². The smallest absolute Gasteiger partial charge is 0.261 e. The third kappa shape index (κ3) is 34.7. The fraction of sp³-hybridized carbons (Fsp3) is 0.727. The van der Waals surface area contributed by atoms with E-state index in [1.807, 2.05) is 0 Å². The van der Waals surface area contributed by atoms with E-state index in [0.29, 0.717) is 81.7 Å². The first-order valence-corrected chi connectivity index (χ1v) is 62.1. The maximum Gasteiger partial charge on any atom is 0.261 e. The maximum absolute atomic E-state index is 16.9. The lowest BCUT2D eigenvalue weighted by Crippen LogP contribution is -2.37. The molecule has 11 aromatic rings. The molecule has 2 atom stereocenters. The van der Waals surface area contributed by atoms with Gasteiger partial charge < -0.3 is 18.9 Å². The van der Waals surface area contributed by atoms with Gasteiger partial charge in [0.05, 0.1) is 26.4 Å². The van der Waals surface area contributed by atoms with Crippen molar-refractivity contribution in [2.45, 2.75) is 594 Å². The van der Waals surface area contributed by atoms with E-state index in [1.54, 1.807) is 9.13 Å². The largest absolute Gasteiger partial charge is 0.490 e. The number of ether oxygens (including phenoxy) is 4. The van der Waals surface area contributed by atoms with Gasteiger partial charge >= 0.3 is 0 Å². The van der Waals surface area contributed by atoms with Gasteiger partial charge in [0.1, 0.15) is 0 Å². The highest BCUT2D eigenvalue weighted by atomic mass is 16.5. The van der Waals surface area contributed by atoms with Gasteiger partial charge in [-0.1, -0.05) is 531 Å². The lowest BCUT2D eigenvalue weighted by atomic mass is 9.77. The molecule has 2 aromatic heterocycles. The quantitative estimate of drug-likeness (QED) is 0.0210. The van der Waals surface area contributed by atoms with Crippen LogP contribution in [0.15, 0.2) is 67.7 Å². The summed E-state index contributed by atoms with van der Waals surface area (Å²) in [6, 6.07) is 17.2. The zero-order valence-electron chi connectivity index (χ0n) is 92.7. The van der Waals surface area contributed by atoms with Crippen molar-refractivity contribution in [3.63, 3.8) is 0 Å². The standard InChI is InChI=1S/C132H206N2O8/c1-9-17-25-31-37-43-47-51-55-59-65-71-77-83-91-139-117-99-105-106(100-118(117)140-92-84-78-72-66-60-56-52-48-44-38-32-26-18-10-2)110-96-114-122-116(132(138)134(130(114)136)104(88-24-16-8)90-82-76-70-64-42-36-30-22-14-6)98-112-108-102-120(142-94-86-80-74-68-62-58-54-50-46-40-34-28-20-12-4)119(141-93-85-79-73-67-61-57-53-49-45-39-33-27-19-11-3)101-107(108)111-97-115-121-113(95-109(105)123-124(110)128(122)126(112)125(111)127(121)123)129(135)133(131(115)137)103(87-23-15-7)89-81-75-69-63-41-35-29-21-13-5/h95-104H,9-94H2,1-8H3. The number of aromatic nitrogens is 2.